The summed E-state index contributed by atoms with van der Waals surface area (Å²) < 4.78 is 1.10. The minimum atomic E-state index is 0.892. The molecule has 15 heavy (non-hydrogen) atoms. The van der Waals surface area contributed by atoms with Crippen LogP contribution < -0.4 is 5.32 Å². The maximum atomic E-state index is 3.46. The summed E-state index contributed by atoms with van der Waals surface area (Å²) in [5, 5.41) is 4.34. The second kappa shape index (κ2) is 4.64. The van der Waals surface area contributed by atoms with Crippen molar-refractivity contribution >= 4 is 32.9 Å². The van der Waals surface area contributed by atoms with Crippen molar-refractivity contribution in [2.75, 3.05) is 13.6 Å². The molecule has 0 bridgehead atoms. The minimum Gasteiger partial charge on any atom is -0.361 e. The van der Waals surface area contributed by atoms with Crippen LogP contribution in [0.1, 0.15) is 5.56 Å². The average Bonchev–Trinajstić information content (AvgIpc) is 2.61. The van der Waals surface area contributed by atoms with Crippen LogP contribution >= 0.6 is 15.9 Å². The van der Waals surface area contributed by atoms with Crippen molar-refractivity contribution in [1.29, 1.82) is 0 Å². The standard InChI is InChI=1S/C12H13BrN2/c1-14-6-2-3-9-8-15-12-7-10(13)4-5-11(9)12/h2-5,7-8,14-15H,6H2,1H3. The molecule has 0 amide bonds. The van der Waals surface area contributed by atoms with Gasteiger partial charge >= 0.3 is 0 Å². The number of aromatic nitrogens is 1. The largest absolute Gasteiger partial charge is 0.361 e. The Hall–Kier alpha value is -1.06. The molecular weight excluding hydrogens is 252 g/mol. The van der Waals surface area contributed by atoms with E-state index in [-0.39, 0.29) is 0 Å². The molecule has 0 atom stereocenters. The van der Waals surface area contributed by atoms with E-state index in [1.165, 1.54) is 10.9 Å². The third-order valence-electron chi connectivity index (χ3n) is 2.30. The van der Waals surface area contributed by atoms with Crippen molar-refractivity contribution in [2.24, 2.45) is 0 Å². The van der Waals surface area contributed by atoms with E-state index >= 15 is 0 Å². The molecule has 0 saturated heterocycles. The molecule has 2 N–H and O–H groups in total. The maximum Gasteiger partial charge on any atom is 0.0471 e. The zero-order valence-corrected chi connectivity index (χ0v) is 10.1. The van der Waals surface area contributed by atoms with Crippen LogP contribution in [0.3, 0.4) is 0 Å². The summed E-state index contributed by atoms with van der Waals surface area (Å²) in [6.45, 7) is 0.892. The predicted octanol–water partition coefficient (Wildman–Crippen LogP) is 3.16. The Morgan fingerprint density at radius 3 is 3.13 bits per heavy atom. The first-order valence-electron chi connectivity index (χ1n) is 4.89. The van der Waals surface area contributed by atoms with Crippen LogP contribution in [0.15, 0.2) is 34.9 Å². The molecule has 0 fully saturated rings. The predicted molar refractivity (Wildman–Crippen MR) is 69.0 cm³/mol. The molecule has 2 rings (SSSR count). The fourth-order valence-electron chi connectivity index (χ4n) is 1.56. The van der Waals surface area contributed by atoms with Gasteiger partial charge in [0.2, 0.25) is 0 Å². The molecule has 0 aliphatic heterocycles. The highest BCUT2D eigenvalue weighted by Gasteiger charge is 2.00. The first-order chi connectivity index (χ1) is 7.31. The van der Waals surface area contributed by atoms with E-state index in [0.29, 0.717) is 0 Å². The van der Waals surface area contributed by atoms with Gasteiger partial charge in [0.25, 0.3) is 0 Å². The molecule has 0 radical (unpaired) electrons. The Balaban J connectivity index is 2.36. The number of aromatic amines is 1. The van der Waals surface area contributed by atoms with E-state index in [2.05, 4.69) is 56.6 Å². The van der Waals surface area contributed by atoms with Gasteiger partial charge < -0.3 is 10.3 Å². The molecule has 0 unspecified atom stereocenters. The Bertz CT molecular complexity index is 485. The van der Waals surface area contributed by atoms with Gasteiger partial charge in [-0.1, -0.05) is 34.1 Å². The Kier molecular flexibility index (Phi) is 3.23. The van der Waals surface area contributed by atoms with Crippen molar-refractivity contribution in [3.05, 3.63) is 40.5 Å². The van der Waals surface area contributed by atoms with Crippen molar-refractivity contribution in [1.82, 2.24) is 10.3 Å². The molecular formula is C12H13BrN2. The molecule has 1 heterocycles. The van der Waals surface area contributed by atoms with Crippen molar-refractivity contribution < 1.29 is 0 Å². The summed E-state index contributed by atoms with van der Waals surface area (Å²) in [5.74, 6) is 0. The first-order valence-corrected chi connectivity index (χ1v) is 5.68. The van der Waals surface area contributed by atoms with Crippen molar-refractivity contribution in [3.8, 4) is 0 Å². The number of halogens is 1. The van der Waals surface area contributed by atoms with Crippen molar-refractivity contribution in [2.45, 2.75) is 0 Å². The summed E-state index contributed by atoms with van der Waals surface area (Å²) in [6.07, 6.45) is 6.27. The van der Waals surface area contributed by atoms with Gasteiger partial charge in [-0.05, 0) is 24.7 Å². The number of hydrogen-bond donors (Lipinski definition) is 2. The minimum absolute atomic E-state index is 0.892. The van der Waals surface area contributed by atoms with E-state index in [1.54, 1.807) is 0 Å². The molecule has 0 spiro atoms. The number of nitrogens with one attached hydrogen (secondary N) is 2. The van der Waals surface area contributed by atoms with Gasteiger partial charge in [0.05, 0.1) is 0 Å². The first kappa shape index (κ1) is 10.5. The third kappa shape index (κ3) is 2.30. The van der Waals surface area contributed by atoms with Gasteiger partial charge in [-0.2, -0.15) is 0 Å². The Morgan fingerprint density at radius 1 is 1.47 bits per heavy atom. The highest BCUT2D eigenvalue weighted by molar-refractivity contribution is 9.10. The van der Waals surface area contributed by atoms with Crippen LogP contribution in [-0.4, -0.2) is 18.6 Å². The second-order valence-electron chi connectivity index (χ2n) is 3.39. The van der Waals surface area contributed by atoms with Gasteiger partial charge in [-0.3, -0.25) is 0 Å². The number of rotatable bonds is 3. The molecule has 1 aromatic heterocycles. The zero-order chi connectivity index (χ0) is 10.7. The van der Waals surface area contributed by atoms with Crippen LogP contribution in [0, 0.1) is 0 Å². The van der Waals surface area contributed by atoms with E-state index < -0.39 is 0 Å². The van der Waals surface area contributed by atoms with E-state index in [1.807, 2.05) is 13.2 Å². The van der Waals surface area contributed by atoms with Gasteiger partial charge in [-0.25, -0.2) is 0 Å². The highest BCUT2D eigenvalue weighted by atomic mass is 79.9. The molecule has 2 nitrogen and oxygen atoms in total. The van der Waals surface area contributed by atoms with Gasteiger partial charge in [0.1, 0.15) is 0 Å². The van der Waals surface area contributed by atoms with Crippen LogP contribution in [0.5, 0.6) is 0 Å². The summed E-state index contributed by atoms with van der Waals surface area (Å²) in [6, 6.07) is 6.27. The fraction of sp³-hybridized carbons (Fsp3) is 0.167. The topological polar surface area (TPSA) is 27.8 Å². The third-order valence-corrected chi connectivity index (χ3v) is 2.79. The molecule has 2 aromatic rings. The summed E-state index contributed by atoms with van der Waals surface area (Å²) in [5.41, 5.74) is 2.39. The molecule has 1 aromatic carbocycles. The summed E-state index contributed by atoms with van der Waals surface area (Å²) in [4.78, 5) is 3.25. The summed E-state index contributed by atoms with van der Waals surface area (Å²) in [7, 11) is 1.94. The van der Waals surface area contributed by atoms with Crippen molar-refractivity contribution in [3.63, 3.8) is 0 Å². The lowest BCUT2D eigenvalue weighted by molar-refractivity contribution is 0.922. The molecule has 3 heteroatoms. The lowest BCUT2D eigenvalue weighted by atomic mass is 10.1. The van der Waals surface area contributed by atoms with E-state index in [4.69, 9.17) is 0 Å². The van der Waals surface area contributed by atoms with Crippen LogP contribution in [-0.2, 0) is 0 Å². The summed E-state index contributed by atoms with van der Waals surface area (Å²) >= 11 is 3.46. The average molecular weight is 265 g/mol. The van der Waals surface area contributed by atoms with Crippen LogP contribution in [0.25, 0.3) is 17.0 Å². The molecule has 78 valence electrons. The smallest absolute Gasteiger partial charge is 0.0471 e. The van der Waals surface area contributed by atoms with Crippen LogP contribution in [0.2, 0.25) is 0 Å². The number of H-pyrrole nitrogens is 1. The zero-order valence-electron chi connectivity index (χ0n) is 8.55. The fourth-order valence-corrected chi connectivity index (χ4v) is 1.92. The lowest BCUT2D eigenvalue weighted by Gasteiger charge is -1.93. The molecule has 0 aliphatic carbocycles. The van der Waals surface area contributed by atoms with E-state index in [0.717, 1.165) is 16.5 Å². The number of benzene rings is 1. The lowest BCUT2D eigenvalue weighted by Crippen LogP contribution is -2.03. The molecule has 0 saturated carbocycles. The normalized spacial score (nSPS) is 11.6. The quantitative estimate of drug-likeness (QED) is 0.876. The monoisotopic (exact) mass is 264 g/mol. The van der Waals surface area contributed by atoms with Gasteiger partial charge in [0, 0.05) is 28.1 Å². The van der Waals surface area contributed by atoms with Gasteiger partial charge in [0.15, 0.2) is 0 Å². The van der Waals surface area contributed by atoms with Crippen LogP contribution in [0.4, 0.5) is 0 Å². The van der Waals surface area contributed by atoms with Gasteiger partial charge in [-0.15, -0.1) is 0 Å². The van der Waals surface area contributed by atoms with E-state index in [9.17, 15) is 0 Å². The number of hydrogen-bond acceptors (Lipinski definition) is 1. The second-order valence-corrected chi connectivity index (χ2v) is 4.31. The number of fused-ring (bicyclic) bond motifs is 1. The SMILES string of the molecule is CNCC=Cc1c[nH]c2cc(Br)ccc12. The molecule has 0 aliphatic rings. The Morgan fingerprint density at radius 2 is 2.33 bits per heavy atom. The Labute approximate surface area is 97.5 Å². The highest BCUT2D eigenvalue weighted by Crippen LogP contribution is 2.22. The number of likely N-dealkylation sites (N-methyl/N-ethyl adjacent to an activating group) is 1. The maximum absolute atomic E-state index is 3.46.